The van der Waals surface area contributed by atoms with Crippen LogP contribution >= 0.6 is 0 Å². The third-order valence-electron chi connectivity index (χ3n) is 6.28. The van der Waals surface area contributed by atoms with Gasteiger partial charge in [-0.15, -0.1) is 0 Å². The van der Waals surface area contributed by atoms with Gasteiger partial charge >= 0.3 is 0 Å². The van der Waals surface area contributed by atoms with E-state index in [0.29, 0.717) is 11.3 Å². The second-order valence-electron chi connectivity index (χ2n) is 8.92. The molecule has 0 spiro atoms. The van der Waals surface area contributed by atoms with E-state index in [1.807, 2.05) is 24.3 Å². The second kappa shape index (κ2) is 8.24. The van der Waals surface area contributed by atoms with Crippen LogP contribution in [0.4, 0.5) is 5.69 Å². The van der Waals surface area contributed by atoms with Crippen LogP contribution in [0.5, 0.6) is 0 Å². The number of hydrazone groups is 1. The fourth-order valence-electron chi connectivity index (χ4n) is 4.58. The second-order valence-corrected chi connectivity index (χ2v) is 8.92. The highest BCUT2D eigenvalue weighted by Crippen LogP contribution is 2.48. The molecule has 3 N–H and O–H groups in total. The van der Waals surface area contributed by atoms with Crippen molar-refractivity contribution in [3.63, 3.8) is 0 Å². The maximum absolute atomic E-state index is 12.9. The fraction of sp³-hybridized carbons (Fsp3) is 0.320. The lowest BCUT2D eigenvalue weighted by Gasteiger charge is -2.08. The van der Waals surface area contributed by atoms with Crippen molar-refractivity contribution in [2.45, 2.75) is 25.2 Å². The van der Waals surface area contributed by atoms with Crippen LogP contribution in [0.2, 0.25) is 0 Å². The molecular weight excluding hydrogens is 402 g/mol. The Hall–Kier alpha value is -3.45. The van der Waals surface area contributed by atoms with E-state index in [4.69, 9.17) is 0 Å². The number of aromatic nitrogens is 1. The largest absolute Gasteiger partial charge is 0.358 e. The molecule has 3 aromatic rings. The lowest BCUT2D eigenvalue weighted by atomic mass is 10.0. The van der Waals surface area contributed by atoms with Gasteiger partial charge in [-0.2, -0.15) is 5.10 Å². The molecule has 0 saturated heterocycles. The molecule has 5 rings (SSSR count). The maximum Gasteiger partial charge on any atom is 0.272 e. The number of amides is 2. The highest BCUT2D eigenvalue weighted by molar-refractivity contribution is 6.16. The number of nitrogens with zero attached hydrogens (tertiary/aromatic N) is 2. The number of carbonyl (C=O) groups excluding carboxylic acids is 2. The summed E-state index contributed by atoms with van der Waals surface area (Å²) >= 11 is 0. The topological polar surface area (TPSA) is 89.6 Å². The minimum atomic E-state index is -0.270. The van der Waals surface area contributed by atoms with Crippen molar-refractivity contribution in [1.82, 2.24) is 15.3 Å². The van der Waals surface area contributed by atoms with Gasteiger partial charge in [0.05, 0.1) is 11.8 Å². The van der Waals surface area contributed by atoms with Crippen molar-refractivity contribution in [2.75, 3.05) is 26.0 Å². The molecule has 2 atom stereocenters. The van der Waals surface area contributed by atoms with Crippen LogP contribution in [-0.2, 0) is 11.2 Å². The third-order valence-corrected chi connectivity index (χ3v) is 6.28. The van der Waals surface area contributed by atoms with Crippen LogP contribution in [0, 0.1) is 5.92 Å². The third kappa shape index (κ3) is 3.91. The number of carbonyl (C=O) groups is 2. The molecule has 164 valence electrons. The molecular formula is C25H27N5O2. The number of aromatic amines is 1. The van der Waals surface area contributed by atoms with Gasteiger partial charge in [-0.25, -0.2) is 5.43 Å². The van der Waals surface area contributed by atoms with Gasteiger partial charge in [0, 0.05) is 33.8 Å². The summed E-state index contributed by atoms with van der Waals surface area (Å²) < 4.78 is 0. The molecule has 7 heteroatoms. The SMILES string of the molecule is CN(C)CCCc1[nH]c2cc(NC(=O)C3CC3c3ccccc3)cc3c2c1C=NNC3=O. The van der Waals surface area contributed by atoms with Crippen LogP contribution in [-0.4, -0.2) is 48.6 Å². The van der Waals surface area contributed by atoms with Gasteiger partial charge in [-0.3, -0.25) is 9.59 Å². The summed E-state index contributed by atoms with van der Waals surface area (Å²) in [6, 6.07) is 13.8. The lowest BCUT2D eigenvalue weighted by molar-refractivity contribution is -0.117. The van der Waals surface area contributed by atoms with Crippen molar-refractivity contribution in [3.05, 3.63) is 64.8 Å². The van der Waals surface area contributed by atoms with Gasteiger partial charge in [0.25, 0.3) is 5.91 Å². The predicted molar refractivity (Wildman–Crippen MR) is 126 cm³/mol. The average Bonchev–Trinajstić information content (AvgIpc) is 3.53. The molecule has 0 bridgehead atoms. The van der Waals surface area contributed by atoms with E-state index in [-0.39, 0.29) is 23.7 Å². The van der Waals surface area contributed by atoms with Crippen LogP contribution in [0.1, 0.15) is 45.9 Å². The Balaban J connectivity index is 1.41. The number of benzene rings is 2. The number of hydrogen-bond donors (Lipinski definition) is 3. The van der Waals surface area contributed by atoms with E-state index in [0.717, 1.165) is 48.0 Å². The molecule has 2 aromatic carbocycles. The molecule has 32 heavy (non-hydrogen) atoms. The quantitative estimate of drug-likeness (QED) is 0.537. The zero-order valence-corrected chi connectivity index (χ0v) is 18.3. The first kappa shape index (κ1) is 20.5. The van der Waals surface area contributed by atoms with Crippen molar-refractivity contribution in [1.29, 1.82) is 0 Å². The number of hydrogen-bond acceptors (Lipinski definition) is 4. The summed E-state index contributed by atoms with van der Waals surface area (Å²) in [4.78, 5) is 31.2. The minimum Gasteiger partial charge on any atom is -0.358 e. The molecule has 0 radical (unpaired) electrons. The van der Waals surface area contributed by atoms with E-state index in [9.17, 15) is 9.59 Å². The smallest absolute Gasteiger partial charge is 0.272 e. The predicted octanol–water partition coefficient (Wildman–Crippen LogP) is 3.48. The first-order valence-corrected chi connectivity index (χ1v) is 11.0. The van der Waals surface area contributed by atoms with Gasteiger partial charge in [-0.05, 0) is 63.5 Å². The van der Waals surface area contributed by atoms with Crippen molar-refractivity contribution >= 4 is 34.6 Å². The number of nitrogens with one attached hydrogen (secondary N) is 3. The molecule has 2 unspecified atom stereocenters. The Labute approximate surface area is 186 Å². The summed E-state index contributed by atoms with van der Waals surface area (Å²) in [5.41, 5.74) is 7.76. The van der Waals surface area contributed by atoms with E-state index in [1.165, 1.54) is 5.56 Å². The number of aryl methyl sites for hydroxylation is 1. The van der Waals surface area contributed by atoms with Crippen molar-refractivity contribution in [3.8, 4) is 0 Å². The standard InChI is InChI=1S/C25H27N5O2/c1-30(2)10-6-9-21-20-14-26-29-25(32)19-11-16(12-22(28-21)23(19)20)27-24(31)18-13-17(18)15-7-4-3-5-8-15/h3-5,7-8,11-12,14,17-18,28H,6,9-10,13H2,1-2H3,(H,27,31)(H,29,32). The summed E-state index contributed by atoms with van der Waals surface area (Å²) in [7, 11) is 4.11. The normalized spacial score (nSPS) is 19.2. The van der Waals surface area contributed by atoms with Gasteiger partial charge < -0.3 is 15.2 Å². The first-order valence-electron chi connectivity index (χ1n) is 11.0. The molecule has 1 aliphatic carbocycles. The molecule has 1 aromatic heterocycles. The molecule has 7 nitrogen and oxygen atoms in total. The summed E-state index contributed by atoms with van der Waals surface area (Å²) in [6.45, 7) is 0.973. The molecule has 2 aliphatic rings. The molecule has 1 saturated carbocycles. The number of H-pyrrole nitrogens is 1. The summed E-state index contributed by atoms with van der Waals surface area (Å²) in [5.74, 6) is -0.0500. The molecule has 2 heterocycles. The Kier molecular flexibility index (Phi) is 5.27. The molecule has 1 fully saturated rings. The van der Waals surface area contributed by atoms with Gasteiger partial charge in [-0.1, -0.05) is 30.3 Å². The van der Waals surface area contributed by atoms with Crippen LogP contribution in [0.3, 0.4) is 0 Å². The number of rotatable bonds is 7. The Bertz CT molecular complexity index is 1210. The zero-order chi connectivity index (χ0) is 22.2. The monoisotopic (exact) mass is 429 g/mol. The summed E-state index contributed by atoms with van der Waals surface area (Å²) in [6.07, 6.45) is 4.40. The number of anilines is 1. The van der Waals surface area contributed by atoms with Gasteiger partial charge in [0.15, 0.2) is 0 Å². The zero-order valence-electron chi connectivity index (χ0n) is 18.3. The van der Waals surface area contributed by atoms with E-state index < -0.39 is 0 Å². The minimum absolute atomic E-state index is 0.00586. The van der Waals surface area contributed by atoms with Gasteiger partial charge in [0.2, 0.25) is 5.91 Å². The van der Waals surface area contributed by atoms with E-state index >= 15 is 0 Å². The highest BCUT2D eigenvalue weighted by atomic mass is 16.2. The molecule has 2 amide bonds. The van der Waals surface area contributed by atoms with Crippen molar-refractivity contribution < 1.29 is 9.59 Å². The van der Waals surface area contributed by atoms with Crippen LogP contribution < -0.4 is 10.7 Å². The van der Waals surface area contributed by atoms with Gasteiger partial charge in [0.1, 0.15) is 0 Å². The van der Waals surface area contributed by atoms with Crippen LogP contribution in [0.15, 0.2) is 47.6 Å². The maximum atomic E-state index is 12.9. The molecule has 1 aliphatic heterocycles. The Morgan fingerprint density at radius 2 is 2.03 bits per heavy atom. The Morgan fingerprint density at radius 1 is 1.22 bits per heavy atom. The lowest BCUT2D eigenvalue weighted by Crippen LogP contribution is -2.18. The van der Waals surface area contributed by atoms with E-state index in [1.54, 1.807) is 12.3 Å². The average molecular weight is 430 g/mol. The van der Waals surface area contributed by atoms with Crippen molar-refractivity contribution in [2.24, 2.45) is 11.0 Å². The summed E-state index contributed by atoms with van der Waals surface area (Å²) in [5, 5.41) is 7.99. The first-order chi connectivity index (χ1) is 15.5. The fourth-order valence-corrected chi connectivity index (χ4v) is 4.58. The van der Waals surface area contributed by atoms with E-state index in [2.05, 4.69) is 52.0 Å². The van der Waals surface area contributed by atoms with Crippen LogP contribution in [0.25, 0.3) is 10.9 Å². The highest BCUT2D eigenvalue weighted by Gasteiger charge is 2.43. The Morgan fingerprint density at radius 3 is 2.81 bits per heavy atom.